The Bertz CT molecular complexity index is 775. The Morgan fingerprint density at radius 3 is 2.55 bits per heavy atom. The molecule has 0 fully saturated rings. The molecule has 22 heavy (non-hydrogen) atoms. The number of anilines is 4. The highest BCUT2D eigenvalue weighted by atomic mass is 79.9. The van der Waals surface area contributed by atoms with Crippen LogP contribution in [0.1, 0.15) is 5.56 Å². The van der Waals surface area contributed by atoms with Gasteiger partial charge in [-0.2, -0.15) is 4.98 Å². The van der Waals surface area contributed by atoms with E-state index in [1.54, 1.807) is 6.20 Å². The summed E-state index contributed by atoms with van der Waals surface area (Å²) in [7, 11) is 0. The van der Waals surface area contributed by atoms with Gasteiger partial charge in [0.25, 0.3) is 0 Å². The fraction of sp³-hybridized carbons (Fsp3) is 0.0588. The monoisotopic (exact) mass is 354 g/mol. The number of para-hydroxylation sites is 1. The average Bonchev–Trinajstić information content (AvgIpc) is 2.52. The van der Waals surface area contributed by atoms with Gasteiger partial charge in [0.05, 0.1) is 5.69 Å². The lowest BCUT2D eigenvalue weighted by Gasteiger charge is -2.10. The molecule has 0 spiro atoms. The normalized spacial score (nSPS) is 10.3. The molecule has 0 amide bonds. The molecule has 5 heteroatoms. The zero-order valence-electron chi connectivity index (χ0n) is 12.0. The van der Waals surface area contributed by atoms with Crippen LogP contribution in [-0.4, -0.2) is 9.97 Å². The van der Waals surface area contributed by atoms with E-state index in [-0.39, 0.29) is 0 Å². The van der Waals surface area contributed by atoms with Crippen molar-refractivity contribution in [2.45, 2.75) is 6.92 Å². The van der Waals surface area contributed by atoms with Crippen LogP contribution < -0.4 is 10.6 Å². The number of halogens is 1. The zero-order valence-corrected chi connectivity index (χ0v) is 13.6. The van der Waals surface area contributed by atoms with Gasteiger partial charge in [-0.25, -0.2) is 4.98 Å². The lowest BCUT2D eigenvalue weighted by molar-refractivity contribution is 1.16. The first-order chi connectivity index (χ1) is 10.7. The molecule has 0 saturated carbocycles. The fourth-order valence-corrected chi connectivity index (χ4v) is 2.59. The summed E-state index contributed by atoms with van der Waals surface area (Å²) in [6.07, 6.45) is 1.72. The maximum absolute atomic E-state index is 4.47. The van der Waals surface area contributed by atoms with Crippen LogP contribution >= 0.6 is 15.9 Å². The van der Waals surface area contributed by atoms with Crippen molar-refractivity contribution in [1.82, 2.24) is 9.97 Å². The SMILES string of the molecule is Cc1ccc(Nc2nccc(Nc3ccccc3)n2)c(Br)c1. The first kappa shape index (κ1) is 14.5. The molecular weight excluding hydrogens is 340 g/mol. The Kier molecular flexibility index (Phi) is 4.34. The molecule has 4 nitrogen and oxygen atoms in total. The summed E-state index contributed by atoms with van der Waals surface area (Å²) in [5, 5.41) is 6.47. The van der Waals surface area contributed by atoms with Crippen LogP contribution in [0.2, 0.25) is 0 Å². The zero-order chi connectivity index (χ0) is 15.4. The van der Waals surface area contributed by atoms with Crippen molar-refractivity contribution in [2.75, 3.05) is 10.6 Å². The molecule has 0 saturated heterocycles. The summed E-state index contributed by atoms with van der Waals surface area (Å²) in [5.41, 5.74) is 3.11. The van der Waals surface area contributed by atoms with Gasteiger partial charge in [0.1, 0.15) is 5.82 Å². The van der Waals surface area contributed by atoms with Crippen molar-refractivity contribution in [3.63, 3.8) is 0 Å². The molecule has 2 N–H and O–H groups in total. The summed E-state index contributed by atoms with van der Waals surface area (Å²) in [4.78, 5) is 8.73. The number of rotatable bonds is 4. The van der Waals surface area contributed by atoms with Crippen LogP contribution in [0.5, 0.6) is 0 Å². The highest BCUT2D eigenvalue weighted by Crippen LogP contribution is 2.26. The molecule has 2 aromatic carbocycles. The van der Waals surface area contributed by atoms with Gasteiger partial charge >= 0.3 is 0 Å². The van der Waals surface area contributed by atoms with Crippen LogP contribution in [0, 0.1) is 6.92 Å². The highest BCUT2D eigenvalue weighted by molar-refractivity contribution is 9.10. The molecule has 0 radical (unpaired) electrons. The molecular formula is C17H15BrN4. The van der Waals surface area contributed by atoms with E-state index in [1.807, 2.05) is 48.5 Å². The smallest absolute Gasteiger partial charge is 0.229 e. The number of hydrogen-bond acceptors (Lipinski definition) is 4. The Hall–Kier alpha value is -2.40. The Morgan fingerprint density at radius 2 is 1.77 bits per heavy atom. The predicted molar refractivity (Wildman–Crippen MR) is 93.9 cm³/mol. The van der Waals surface area contributed by atoms with Crippen molar-refractivity contribution >= 4 is 39.1 Å². The first-order valence-electron chi connectivity index (χ1n) is 6.89. The molecule has 0 unspecified atom stereocenters. The maximum Gasteiger partial charge on any atom is 0.229 e. The third kappa shape index (κ3) is 3.62. The van der Waals surface area contributed by atoms with Crippen molar-refractivity contribution < 1.29 is 0 Å². The number of nitrogens with one attached hydrogen (secondary N) is 2. The lowest BCUT2D eigenvalue weighted by Crippen LogP contribution is -2.00. The topological polar surface area (TPSA) is 49.8 Å². The Balaban J connectivity index is 1.79. The third-order valence-corrected chi connectivity index (χ3v) is 3.73. The molecule has 0 aliphatic heterocycles. The summed E-state index contributed by atoms with van der Waals surface area (Å²) in [5.74, 6) is 1.29. The van der Waals surface area contributed by atoms with Crippen molar-refractivity contribution in [3.05, 3.63) is 70.8 Å². The second-order valence-corrected chi connectivity index (χ2v) is 5.72. The number of benzene rings is 2. The van der Waals surface area contributed by atoms with E-state index in [0.717, 1.165) is 21.7 Å². The fourth-order valence-electron chi connectivity index (χ4n) is 2.00. The van der Waals surface area contributed by atoms with E-state index >= 15 is 0 Å². The quantitative estimate of drug-likeness (QED) is 0.689. The molecule has 1 aromatic heterocycles. The maximum atomic E-state index is 4.47. The van der Waals surface area contributed by atoms with Crippen molar-refractivity contribution in [1.29, 1.82) is 0 Å². The summed E-state index contributed by atoms with van der Waals surface area (Å²) >= 11 is 3.54. The molecule has 0 bridgehead atoms. The minimum Gasteiger partial charge on any atom is -0.340 e. The first-order valence-corrected chi connectivity index (χ1v) is 7.68. The molecule has 1 heterocycles. The van der Waals surface area contributed by atoms with Crippen LogP contribution in [0.3, 0.4) is 0 Å². The number of hydrogen-bond donors (Lipinski definition) is 2. The second kappa shape index (κ2) is 6.58. The second-order valence-electron chi connectivity index (χ2n) is 4.86. The van der Waals surface area contributed by atoms with Crippen LogP contribution in [0.15, 0.2) is 65.3 Å². The minimum atomic E-state index is 0.547. The van der Waals surface area contributed by atoms with Gasteiger partial charge in [-0.3, -0.25) is 0 Å². The van der Waals surface area contributed by atoms with Gasteiger partial charge in [-0.15, -0.1) is 0 Å². The van der Waals surface area contributed by atoms with E-state index in [9.17, 15) is 0 Å². The number of aromatic nitrogens is 2. The minimum absolute atomic E-state index is 0.547. The van der Waals surface area contributed by atoms with E-state index in [1.165, 1.54) is 5.56 Å². The third-order valence-electron chi connectivity index (χ3n) is 3.07. The molecule has 0 aliphatic carbocycles. The lowest BCUT2D eigenvalue weighted by atomic mass is 10.2. The Labute approximate surface area is 137 Å². The summed E-state index contributed by atoms with van der Waals surface area (Å²) in [6, 6.07) is 17.8. The molecule has 0 aliphatic rings. The van der Waals surface area contributed by atoms with Crippen molar-refractivity contribution in [3.8, 4) is 0 Å². The van der Waals surface area contributed by atoms with Gasteiger partial charge in [0, 0.05) is 16.4 Å². The van der Waals surface area contributed by atoms with E-state index in [4.69, 9.17) is 0 Å². The van der Waals surface area contributed by atoms with Crippen LogP contribution in [0.25, 0.3) is 0 Å². The predicted octanol–water partition coefficient (Wildman–Crippen LogP) is 5.03. The van der Waals surface area contributed by atoms with Crippen LogP contribution in [-0.2, 0) is 0 Å². The number of nitrogens with zero attached hydrogens (tertiary/aromatic N) is 2. The van der Waals surface area contributed by atoms with Gasteiger partial charge in [0.2, 0.25) is 5.95 Å². The average molecular weight is 355 g/mol. The van der Waals surface area contributed by atoms with Crippen molar-refractivity contribution in [2.24, 2.45) is 0 Å². The Morgan fingerprint density at radius 1 is 0.955 bits per heavy atom. The van der Waals surface area contributed by atoms with E-state index < -0.39 is 0 Å². The van der Waals surface area contributed by atoms with E-state index in [2.05, 4.69) is 49.5 Å². The molecule has 0 atom stereocenters. The summed E-state index contributed by atoms with van der Waals surface area (Å²) in [6.45, 7) is 2.05. The molecule has 110 valence electrons. The van der Waals surface area contributed by atoms with Gasteiger partial charge in [0.15, 0.2) is 0 Å². The summed E-state index contributed by atoms with van der Waals surface area (Å²) < 4.78 is 0.984. The largest absolute Gasteiger partial charge is 0.340 e. The molecule has 3 aromatic rings. The van der Waals surface area contributed by atoms with Gasteiger partial charge in [-0.05, 0) is 58.7 Å². The van der Waals surface area contributed by atoms with Gasteiger partial charge in [-0.1, -0.05) is 24.3 Å². The van der Waals surface area contributed by atoms with Crippen LogP contribution in [0.4, 0.5) is 23.1 Å². The standard InChI is InChI=1S/C17H15BrN4/c1-12-7-8-15(14(18)11-12)21-17-19-10-9-16(22-17)20-13-5-3-2-4-6-13/h2-11H,1H3,(H2,19,20,21,22). The van der Waals surface area contributed by atoms with Gasteiger partial charge < -0.3 is 10.6 Å². The van der Waals surface area contributed by atoms with E-state index in [0.29, 0.717) is 5.95 Å². The highest BCUT2D eigenvalue weighted by Gasteiger charge is 2.04. The number of aryl methyl sites for hydroxylation is 1. The molecule has 3 rings (SSSR count).